The Morgan fingerprint density at radius 3 is 2.72 bits per heavy atom. The lowest BCUT2D eigenvalue weighted by Crippen LogP contribution is -2.30. The van der Waals surface area contributed by atoms with Crippen LogP contribution in [0, 0.1) is 11.6 Å². The number of aromatic amines is 1. The van der Waals surface area contributed by atoms with E-state index in [0.29, 0.717) is 22.7 Å². The molecule has 7 heteroatoms. The van der Waals surface area contributed by atoms with Crippen LogP contribution in [0.15, 0.2) is 48.5 Å². The molecule has 5 nitrogen and oxygen atoms in total. The molecule has 0 radical (unpaired) electrons. The van der Waals surface area contributed by atoms with Gasteiger partial charge in [-0.25, -0.2) is 8.78 Å². The van der Waals surface area contributed by atoms with Gasteiger partial charge in [0.15, 0.2) is 5.82 Å². The number of hydrogen-bond acceptors (Lipinski definition) is 3. The van der Waals surface area contributed by atoms with E-state index < -0.39 is 11.6 Å². The standard InChI is InChI=1S/C22H22F2N4O/c1-28-7-3-6-16(13-28)14-4-2-5-15(8-14)22(29)25-21-12-20(26-27-21)17-9-18(23)11-19(24)10-17/h2,4-5,8-12,16H,3,6-7,13H2,1H3,(H2,25,26,27,29). The number of rotatable bonds is 4. The van der Waals surface area contributed by atoms with E-state index in [9.17, 15) is 13.6 Å². The first kappa shape index (κ1) is 19.3. The fourth-order valence-electron chi connectivity index (χ4n) is 3.80. The maximum atomic E-state index is 13.4. The number of nitrogens with zero attached hydrogens (tertiary/aromatic N) is 2. The number of nitrogens with one attached hydrogen (secondary N) is 2. The van der Waals surface area contributed by atoms with Crippen LogP contribution in [-0.4, -0.2) is 41.1 Å². The third-order valence-electron chi connectivity index (χ3n) is 5.24. The molecule has 1 fully saturated rings. The van der Waals surface area contributed by atoms with Gasteiger partial charge in [0.2, 0.25) is 0 Å². The molecule has 0 aliphatic carbocycles. The number of halogens is 2. The Bertz CT molecular complexity index is 1010. The summed E-state index contributed by atoms with van der Waals surface area (Å²) in [6.07, 6.45) is 2.26. The van der Waals surface area contributed by atoms with Crippen LogP contribution in [0.3, 0.4) is 0 Å². The molecule has 2 aromatic carbocycles. The van der Waals surface area contributed by atoms with E-state index in [1.54, 1.807) is 12.1 Å². The van der Waals surface area contributed by atoms with E-state index >= 15 is 0 Å². The Morgan fingerprint density at radius 2 is 1.97 bits per heavy atom. The maximum Gasteiger partial charge on any atom is 0.256 e. The highest BCUT2D eigenvalue weighted by Gasteiger charge is 2.20. The first-order chi connectivity index (χ1) is 14.0. The van der Waals surface area contributed by atoms with E-state index in [-0.39, 0.29) is 11.7 Å². The van der Waals surface area contributed by atoms with Crippen LogP contribution >= 0.6 is 0 Å². The number of aromatic nitrogens is 2. The van der Waals surface area contributed by atoms with Gasteiger partial charge in [-0.15, -0.1) is 0 Å². The Morgan fingerprint density at radius 1 is 1.17 bits per heavy atom. The van der Waals surface area contributed by atoms with Gasteiger partial charge in [0, 0.05) is 29.8 Å². The normalized spacial score (nSPS) is 17.3. The second-order valence-electron chi connectivity index (χ2n) is 7.51. The smallest absolute Gasteiger partial charge is 0.256 e. The van der Waals surface area contributed by atoms with E-state index in [1.807, 2.05) is 12.1 Å². The summed E-state index contributed by atoms with van der Waals surface area (Å²) in [5, 5.41) is 9.47. The number of likely N-dealkylation sites (N-methyl/N-ethyl adjacent to an activating group) is 1. The number of carbonyl (C=O) groups is 1. The highest BCUT2D eigenvalue weighted by Crippen LogP contribution is 2.27. The van der Waals surface area contributed by atoms with Crippen molar-refractivity contribution in [3.8, 4) is 11.3 Å². The number of likely N-dealkylation sites (tertiary alicyclic amines) is 1. The van der Waals surface area contributed by atoms with Crippen molar-refractivity contribution in [3.05, 3.63) is 71.3 Å². The minimum absolute atomic E-state index is 0.278. The lowest BCUT2D eigenvalue weighted by Gasteiger charge is -2.30. The van der Waals surface area contributed by atoms with Crippen LogP contribution in [0.2, 0.25) is 0 Å². The number of piperidine rings is 1. The molecule has 29 heavy (non-hydrogen) atoms. The number of anilines is 1. The molecular formula is C22H22F2N4O. The van der Waals surface area contributed by atoms with Gasteiger partial charge < -0.3 is 10.2 Å². The van der Waals surface area contributed by atoms with Crippen molar-refractivity contribution in [3.63, 3.8) is 0 Å². The van der Waals surface area contributed by atoms with Gasteiger partial charge in [0.25, 0.3) is 5.91 Å². The lowest BCUT2D eigenvalue weighted by molar-refractivity contribution is 0.102. The molecule has 1 aliphatic rings. The average Bonchev–Trinajstić information content (AvgIpc) is 3.16. The zero-order chi connectivity index (χ0) is 20.4. The first-order valence-corrected chi connectivity index (χ1v) is 9.59. The highest BCUT2D eigenvalue weighted by atomic mass is 19.1. The Kier molecular flexibility index (Phi) is 5.40. The predicted molar refractivity (Wildman–Crippen MR) is 108 cm³/mol. The molecule has 1 unspecified atom stereocenters. The molecule has 3 aromatic rings. The van der Waals surface area contributed by atoms with Gasteiger partial charge in [-0.1, -0.05) is 12.1 Å². The van der Waals surface area contributed by atoms with E-state index in [2.05, 4.69) is 33.5 Å². The van der Waals surface area contributed by atoms with Crippen molar-refractivity contribution in [1.82, 2.24) is 15.1 Å². The molecule has 150 valence electrons. The molecule has 0 saturated carbocycles. The Balaban J connectivity index is 1.49. The quantitative estimate of drug-likeness (QED) is 0.686. The fraction of sp³-hybridized carbons (Fsp3) is 0.273. The van der Waals surface area contributed by atoms with Crippen molar-refractivity contribution in [1.29, 1.82) is 0 Å². The number of hydrogen-bond donors (Lipinski definition) is 2. The highest BCUT2D eigenvalue weighted by molar-refractivity contribution is 6.04. The monoisotopic (exact) mass is 396 g/mol. The van der Waals surface area contributed by atoms with Crippen molar-refractivity contribution in [2.45, 2.75) is 18.8 Å². The van der Waals surface area contributed by atoms with Gasteiger partial charge in [-0.2, -0.15) is 5.10 Å². The molecule has 1 aliphatic heterocycles. The number of benzene rings is 2. The van der Waals surface area contributed by atoms with E-state index in [4.69, 9.17) is 0 Å². The third kappa shape index (κ3) is 4.51. The topological polar surface area (TPSA) is 61.0 Å². The SMILES string of the molecule is CN1CCCC(c2cccc(C(=O)Nc3cc(-c4cc(F)cc(F)c4)[nH]n3)c2)C1. The van der Waals surface area contributed by atoms with Crippen LogP contribution in [0.5, 0.6) is 0 Å². The second kappa shape index (κ2) is 8.13. The number of amides is 1. The summed E-state index contributed by atoms with van der Waals surface area (Å²) in [5.41, 5.74) is 2.44. The minimum Gasteiger partial charge on any atom is -0.306 e. The molecule has 1 aromatic heterocycles. The van der Waals surface area contributed by atoms with Crippen molar-refractivity contribution in [2.75, 3.05) is 25.5 Å². The van der Waals surface area contributed by atoms with Crippen LogP contribution in [-0.2, 0) is 0 Å². The summed E-state index contributed by atoms with van der Waals surface area (Å²) in [6, 6.07) is 12.4. The van der Waals surface area contributed by atoms with Crippen molar-refractivity contribution in [2.24, 2.45) is 0 Å². The minimum atomic E-state index is -0.676. The molecule has 4 rings (SSSR count). The zero-order valence-corrected chi connectivity index (χ0v) is 16.1. The molecule has 1 atom stereocenters. The third-order valence-corrected chi connectivity index (χ3v) is 5.24. The van der Waals surface area contributed by atoms with Gasteiger partial charge in [-0.3, -0.25) is 9.89 Å². The predicted octanol–water partition coefficient (Wildman–Crippen LogP) is 4.42. The summed E-state index contributed by atoms with van der Waals surface area (Å²) >= 11 is 0. The molecule has 2 heterocycles. The zero-order valence-electron chi connectivity index (χ0n) is 16.1. The number of carbonyl (C=O) groups excluding carboxylic acids is 1. The molecule has 2 N–H and O–H groups in total. The summed E-state index contributed by atoms with van der Waals surface area (Å²) in [5.74, 6) is -0.922. The van der Waals surface area contributed by atoms with Crippen LogP contribution in [0.4, 0.5) is 14.6 Å². The fourth-order valence-corrected chi connectivity index (χ4v) is 3.80. The number of H-pyrrole nitrogens is 1. The largest absolute Gasteiger partial charge is 0.306 e. The van der Waals surface area contributed by atoms with Gasteiger partial charge in [0.05, 0.1) is 5.69 Å². The summed E-state index contributed by atoms with van der Waals surface area (Å²) < 4.78 is 26.8. The van der Waals surface area contributed by atoms with Gasteiger partial charge in [-0.05, 0) is 62.2 Å². The molecule has 0 spiro atoms. The first-order valence-electron chi connectivity index (χ1n) is 9.59. The summed E-state index contributed by atoms with van der Waals surface area (Å²) in [7, 11) is 2.11. The van der Waals surface area contributed by atoms with Crippen LogP contribution in [0.25, 0.3) is 11.3 Å². The molecule has 0 bridgehead atoms. The molecule has 1 saturated heterocycles. The van der Waals surface area contributed by atoms with Gasteiger partial charge in [0.1, 0.15) is 11.6 Å². The van der Waals surface area contributed by atoms with Crippen LogP contribution in [0.1, 0.15) is 34.7 Å². The second-order valence-corrected chi connectivity index (χ2v) is 7.51. The van der Waals surface area contributed by atoms with Crippen molar-refractivity contribution < 1.29 is 13.6 Å². The van der Waals surface area contributed by atoms with Gasteiger partial charge >= 0.3 is 0 Å². The summed E-state index contributed by atoms with van der Waals surface area (Å²) in [4.78, 5) is 15.0. The summed E-state index contributed by atoms with van der Waals surface area (Å²) in [6.45, 7) is 2.09. The van der Waals surface area contributed by atoms with Crippen LogP contribution < -0.4 is 5.32 Å². The average molecular weight is 396 g/mol. The van der Waals surface area contributed by atoms with E-state index in [0.717, 1.165) is 37.6 Å². The van der Waals surface area contributed by atoms with E-state index in [1.165, 1.54) is 12.1 Å². The Hall–Kier alpha value is -3.06. The molecule has 1 amide bonds. The maximum absolute atomic E-state index is 13.4. The Labute approximate surface area is 167 Å². The van der Waals surface area contributed by atoms with Crippen molar-refractivity contribution >= 4 is 11.7 Å². The molecular weight excluding hydrogens is 374 g/mol. The lowest BCUT2D eigenvalue weighted by atomic mass is 9.90.